The summed E-state index contributed by atoms with van der Waals surface area (Å²) in [5.41, 5.74) is -1.78. The third-order valence-corrected chi connectivity index (χ3v) is 4.34. The van der Waals surface area contributed by atoms with Crippen LogP contribution in [0.2, 0.25) is 0 Å². The van der Waals surface area contributed by atoms with Crippen LogP contribution in [0, 0.1) is 0 Å². The Balaban J connectivity index is 2.90. The van der Waals surface area contributed by atoms with Gasteiger partial charge in [0, 0.05) is 5.75 Å². The molecule has 0 aromatic carbocycles. The Morgan fingerprint density at radius 2 is 2.13 bits per heavy atom. The molecular weight excluding hydrogens is 252 g/mol. The minimum atomic E-state index is -4.86. The van der Waals surface area contributed by atoms with Gasteiger partial charge in [0.2, 0.25) is 0 Å². The van der Waals surface area contributed by atoms with Crippen LogP contribution in [0.5, 0.6) is 0 Å². The number of rotatable bonds is 4. The molecule has 88 valence electrons. The average Bonchev–Trinajstić information content (AvgIpc) is 2.53. The van der Waals surface area contributed by atoms with Crippen LogP contribution >= 0.6 is 11.8 Å². The van der Waals surface area contributed by atoms with Gasteiger partial charge in [0.25, 0.3) is 10.0 Å². The maximum atomic E-state index is 12.0. The van der Waals surface area contributed by atoms with E-state index in [-0.39, 0.29) is 12.2 Å². The van der Waals surface area contributed by atoms with Gasteiger partial charge in [-0.2, -0.15) is 25.3 Å². The molecule has 0 spiro atoms. The maximum Gasteiger partial charge on any atom is 0.350 e. The van der Waals surface area contributed by atoms with E-state index in [0.717, 1.165) is 0 Å². The number of sulfonamides is 1. The van der Waals surface area contributed by atoms with Crippen molar-refractivity contribution in [3.8, 4) is 0 Å². The molecule has 15 heavy (non-hydrogen) atoms. The summed E-state index contributed by atoms with van der Waals surface area (Å²) in [6, 6.07) is 0. The van der Waals surface area contributed by atoms with Crippen molar-refractivity contribution in [2.24, 2.45) is 0 Å². The highest BCUT2D eigenvalue weighted by molar-refractivity contribution is 7.99. The van der Waals surface area contributed by atoms with Crippen LogP contribution in [0.25, 0.3) is 0 Å². The summed E-state index contributed by atoms with van der Waals surface area (Å²) in [6.45, 7) is 0. The highest BCUT2D eigenvalue weighted by atomic mass is 32.2. The summed E-state index contributed by atoms with van der Waals surface area (Å²) in [7, 11) is -4.86. The first kappa shape index (κ1) is 12.7. The number of hydrogen-bond acceptors (Lipinski definition) is 4. The van der Waals surface area contributed by atoms with Crippen LogP contribution < -0.4 is 4.72 Å². The lowest BCUT2D eigenvalue weighted by atomic mass is 10.0. The van der Waals surface area contributed by atoms with E-state index < -0.39 is 27.3 Å². The van der Waals surface area contributed by atoms with E-state index in [1.807, 2.05) is 0 Å². The van der Waals surface area contributed by atoms with Crippen LogP contribution in [0.3, 0.4) is 0 Å². The lowest BCUT2D eigenvalue weighted by Crippen LogP contribution is -2.55. The molecule has 1 heterocycles. The molecule has 0 bridgehead atoms. The molecule has 1 rings (SSSR count). The first-order valence-electron chi connectivity index (χ1n) is 3.92. The Bertz CT molecular complexity index is 350. The fourth-order valence-electron chi connectivity index (χ4n) is 1.17. The van der Waals surface area contributed by atoms with Crippen LogP contribution in [0.15, 0.2) is 0 Å². The van der Waals surface area contributed by atoms with Crippen molar-refractivity contribution in [3.63, 3.8) is 0 Å². The standard InChI is InChI=1S/C6H9F2NO4S2/c7-5(8)15(12,13)9-6(4(10)11)1-2-14-3-6/h5,9H,1-3H2,(H,10,11). The molecule has 1 aliphatic rings. The zero-order valence-electron chi connectivity index (χ0n) is 7.44. The van der Waals surface area contributed by atoms with E-state index in [4.69, 9.17) is 5.11 Å². The third-order valence-electron chi connectivity index (χ3n) is 2.00. The molecule has 1 aliphatic heterocycles. The molecule has 0 aromatic rings. The van der Waals surface area contributed by atoms with Crippen LogP contribution in [-0.4, -0.2) is 42.3 Å². The van der Waals surface area contributed by atoms with Crippen molar-refractivity contribution in [1.82, 2.24) is 4.72 Å². The van der Waals surface area contributed by atoms with E-state index in [2.05, 4.69) is 0 Å². The molecule has 2 N–H and O–H groups in total. The second-order valence-electron chi connectivity index (χ2n) is 3.10. The molecule has 5 nitrogen and oxygen atoms in total. The number of thioether (sulfide) groups is 1. The summed E-state index contributed by atoms with van der Waals surface area (Å²) in [5.74, 6) is -4.64. The van der Waals surface area contributed by atoms with Crippen molar-refractivity contribution in [2.45, 2.75) is 17.7 Å². The maximum absolute atomic E-state index is 12.0. The third kappa shape index (κ3) is 2.58. The van der Waals surface area contributed by atoms with Crippen molar-refractivity contribution in [1.29, 1.82) is 0 Å². The highest BCUT2D eigenvalue weighted by Crippen LogP contribution is 2.29. The van der Waals surface area contributed by atoms with E-state index >= 15 is 0 Å². The number of carbonyl (C=O) groups is 1. The Morgan fingerprint density at radius 3 is 2.47 bits per heavy atom. The Labute approximate surface area is 89.3 Å². The van der Waals surface area contributed by atoms with Crippen molar-refractivity contribution in [3.05, 3.63) is 0 Å². The van der Waals surface area contributed by atoms with Gasteiger partial charge in [-0.15, -0.1) is 0 Å². The molecule has 1 saturated heterocycles. The van der Waals surface area contributed by atoms with Crippen LogP contribution in [-0.2, 0) is 14.8 Å². The minimum Gasteiger partial charge on any atom is -0.480 e. The van der Waals surface area contributed by atoms with E-state index in [0.29, 0.717) is 5.75 Å². The summed E-state index contributed by atoms with van der Waals surface area (Å²) in [5, 5.41) is 8.82. The smallest absolute Gasteiger partial charge is 0.350 e. The largest absolute Gasteiger partial charge is 0.480 e. The molecule has 0 aliphatic carbocycles. The predicted octanol–water partition coefficient (Wildman–Crippen LogP) is 0.0887. The molecule has 0 amide bonds. The molecule has 9 heteroatoms. The number of halogens is 2. The first-order chi connectivity index (χ1) is 6.80. The van der Waals surface area contributed by atoms with Crippen molar-refractivity contribution in [2.75, 3.05) is 11.5 Å². The lowest BCUT2D eigenvalue weighted by molar-refractivity contribution is -0.143. The van der Waals surface area contributed by atoms with Gasteiger partial charge in [0.05, 0.1) is 0 Å². The minimum absolute atomic E-state index is 0.0128. The normalized spacial score (nSPS) is 27.1. The monoisotopic (exact) mass is 261 g/mol. The quantitative estimate of drug-likeness (QED) is 0.749. The summed E-state index contributed by atoms with van der Waals surface area (Å²) in [4.78, 5) is 10.8. The Hall–Kier alpha value is -0.410. The van der Waals surface area contributed by atoms with Gasteiger partial charge in [-0.1, -0.05) is 0 Å². The summed E-state index contributed by atoms with van der Waals surface area (Å²) >= 11 is 1.21. The molecule has 0 radical (unpaired) electrons. The van der Waals surface area contributed by atoms with E-state index in [1.54, 1.807) is 4.72 Å². The number of hydrogen-bond donors (Lipinski definition) is 2. The van der Waals surface area contributed by atoms with Crippen molar-refractivity contribution < 1.29 is 27.1 Å². The van der Waals surface area contributed by atoms with E-state index in [9.17, 15) is 22.0 Å². The SMILES string of the molecule is O=C(O)C1(NS(=O)(=O)C(F)F)CCSC1. The van der Waals surface area contributed by atoms with Crippen LogP contribution in [0.1, 0.15) is 6.42 Å². The Morgan fingerprint density at radius 1 is 1.53 bits per heavy atom. The zero-order chi connectivity index (χ0) is 11.7. The number of aliphatic carboxylic acids is 1. The summed E-state index contributed by atoms with van der Waals surface area (Å²) < 4.78 is 47.4. The van der Waals surface area contributed by atoms with Crippen molar-refractivity contribution >= 4 is 27.8 Å². The number of carboxylic acid groups (broad SMARTS) is 1. The fraction of sp³-hybridized carbons (Fsp3) is 0.833. The highest BCUT2D eigenvalue weighted by Gasteiger charge is 2.46. The zero-order valence-corrected chi connectivity index (χ0v) is 9.08. The lowest BCUT2D eigenvalue weighted by Gasteiger charge is -2.23. The van der Waals surface area contributed by atoms with Gasteiger partial charge in [-0.05, 0) is 12.2 Å². The second kappa shape index (κ2) is 4.22. The molecule has 0 aromatic heterocycles. The van der Waals surface area contributed by atoms with Gasteiger partial charge in [-0.3, -0.25) is 4.79 Å². The van der Waals surface area contributed by atoms with Gasteiger partial charge in [0.15, 0.2) is 0 Å². The average molecular weight is 261 g/mol. The van der Waals surface area contributed by atoms with E-state index in [1.165, 1.54) is 11.8 Å². The fourth-order valence-corrected chi connectivity index (χ4v) is 3.49. The van der Waals surface area contributed by atoms with Gasteiger partial charge >= 0.3 is 11.7 Å². The van der Waals surface area contributed by atoms with Crippen LogP contribution in [0.4, 0.5) is 8.78 Å². The summed E-state index contributed by atoms with van der Waals surface area (Å²) in [6.07, 6.45) is 0.0128. The predicted molar refractivity (Wildman–Crippen MR) is 50.4 cm³/mol. The second-order valence-corrected chi connectivity index (χ2v) is 5.85. The molecule has 0 saturated carbocycles. The first-order valence-corrected chi connectivity index (χ1v) is 6.62. The number of alkyl halides is 2. The number of nitrogens with one attached hydrogen (secondary N) is 1. The molecule has 1 unspecified atom stereocenters. The molecular formula is C6H9F2NO4S2. The molecule has 1 atom stereocenters. The van der Waals surface area contributed by atoms with Gasteiger partial charge in [-0.25, -0.2) is 8.42 Å². The van der Waals surface area contributed by atoms with Gasteiger partial charge in [0.1, 0.15) is 5.54 Å². The Kier molecular flexibility index (Phi) is 3.56. The molecule has 1 fully saturated rings. The number of carboxylic acids is 1. The topological polar surface area (TPSA) is 83.5 Å². The van der Waals surface area contributed by atoms with Gasteiger partial charge < -0.3 is 5.11 Å².